The van der Waals surface area contributed by atoms with E-state index >= 15 is 0 Å². The van der Waals surface area contributed by atoms with Crippen molar-refractivity contribution in [1.29, 1.82) is 0 Å². The first-order valence-corrected chi connectivity index (χ1v) is 7.34. The lowest BCUT2D eigenvalue weighted by Crippen LogP contribution is -2.33. The zero-order valence-corrected chi connectivity index (χ0v) is 13.2. The molecule has 0 bridgehead atoms. The molecule has 1 fully saturated rings. The third-order valence-electron chi connectivity index (χ3n) is 2.64. The van der Waals surface area contributed by atoms with Gasteiger partial charge in [-0.25, -0.2) is 0 Å². The number of thioether (sulfide) groups is 1. The fraction of sp³-hybridized carbons (Fsp3) is 0.154. The molecule has 1 aliphatic heterocycles. The van der Waals surface area contributed by atoms with E-state index in [0.29, 0.717) is 20.7 Å². The number of carbonyl (C=O) groups is 3. The van der Waals surface area contributed by atoms with E-state index in [1.54, 1.807) is 18.2 Å². The van der Waals surface area contributed by atoms with Crippen LogP contribution in [0.15, 0.2) is 27.6 Å². The van der Waals surface area contributed by atoms with Gasteiger partial charge in [-0.2, -0.15) is 0 Å². The van der Waals surface area contributed by atoms with Crippen LogP contribution < -0.4 is 4.74 Å². The van der Waals surface area contributed by atoms with E-state index in [1.807, 2.05) is 0 Å². The molecule has 0 aliphatic carbocycles. The Morgan fingerprint density at radius 1 is 1.48 bits per heavy atom. The molecule has 1 heterocycles. The summed E-state index contributed by atoms with van der Waals surface area (Å²) in [6.45, 7) is -0.631. The normalized spacial score (nSPS) is 16.7. The molecule has 0 unspecified atom stereocenters. The number of methoxy groups -OCH3 is 1. The van der Waals surface area contributed by atoms with Crippen LogP contribution in [0.5, 0.6) is 5.75 Å². The lowest BCUT2D eigenvalue weighted by Gasteiger charge is -2.07. The van der Waals surface area contributed by atoms with E-state index in [9.17, 15) is 14.4 Å². The van der Waals surface area contributed by atoms with Crippen molar-refractivity contribution in [2.45, 2.75) is 0 Å². The first kappa shape index (κ1) is 15.6. The van der Waals surface area contributed by atoms with Crippen molar-refractivity contribution in [2.24, 2.45) is 0 Å². The first-order valence-electron chi connectivity index (χ1n) is 5.73. The maximum atomic E-state index is 12.0. The van der Waals surface area contributed by atoms with E-state index in [0.717, 1.165) is 11.8 Å². The third kappa shape index (κ3) is 3.45. The topological polar surface area (TPSA) is 83.9 Å². The highest BCUT2D eigenvalue weighted by Crippen LogP contribution is 2.33. The van der Waals surface area contributed by atoms with Crippen LogP contribution in [0, 0.1) is 0 Å². The van der Waals surface area contributed by atoms with E-state index in [1.165, 1.54) is 13.2 Å². The number of hydrogen-bond acceptors (Lipinski definition) is 5. The summed E-state index contributed by atoms with van der Waals surface area (Å²) >= 11 is 4.05. The van der Waals surface area contributed by atoms with Crippen LogP contribution in [0.1, 0.15) is 5.56 Å². The van der Waals surface area contributed by atoms with E-state index in [-0.39, 0.29) is 4.91 Å². The molecule has 0 radical (unpaired) electrons. The number of nitrogens with zero attached hydrogens (tertiary/aromatic N) is 1. The van der Waals surface area contributed by atoms with Gasteiger partial charge in [-0.15, -0.1) is 0 Å². The van der Waals surface area contributed by atoms with Crippen molar-refractivity contribution in [3.05, 3.63) is 33.1 Å². The largest absolute Gasteiger partial charge is 0.496 e. The van der Waals surface area contributed by atoms with Crippen molar-refractivity contribution in [3.63, 3.8) is 0 Å². The standard InChI is InChI=1S/C13H10BrNO5S/c1-20-9-3-2-7(4-8(9)14)5-10-12(18)15(6-11(16)17)13(19)21-10/h2-5H,6H2,1H3,(H,16,17)/b10-5+. The van der Waals surface area contributed by atoms with Gasteiger partial charge in [0.15, 0.2) is 0 Å². The predicted molar refractivity (Wildman–Crippen MR) is 81.0 cm³/mol. The van der Waals surface area contributed by atoms with Crippen molar-refractivity contribution >= 4 is 50.9 Å². The highest BCUT2D eigenvalue weighted by atomic mass is 79.9. The zero-order valence-electron chi connectivity index (χ0n) is 10.8. The molecule has 0 spiro atoms. The Morgan fingerprint density at radius 3 is 2.76 bits per heavy atom. The molecule has 2 rings (SSSR count). The summed E-state index contributed by atoms with van der Waals surface area (Å²) < 4.78 is 5.81. The molecule has 21 heavy (non-hydrogen) atoms. The number of hydrogen-bond donors (Lipinski definition) is 1. The summed E-state index contributed by atoms with van der Waals surface area (Å²) in [5.41, 5.74) is 0.698. The van der Waals surface area contributed by atoms with Crippen LogP contribution in [-0.2, 0) is 9.59 Å². The molecule has 1 aromatic rings. The minimum Gasteiger partial charge on any atom is -0.496 e. The minimum atomic E-state index is -1.23. The summed E-state index contributed by atoms with van der Waals surface area (Å²) in [7, 11) is 1.54. The Kier molecular flexibility index (Phi) is 4.69. The second kappa shape index (κ2) is 6.31. The Bertz CT molecular complexity index is 658. The number of ether oxygens (including phenoxy) is 1. The van der Waals surface area contributed by atoms with Gasteiger partial charge < -0.3 is 9.84 Å². The number of amides is 2. The highest BCUT2D eigenvalue weighted by Gasteiger charge is 2.36. The summed E-state index contributed by atoms with van der Waals surface area (Å²) in [6, 6.07) is 5.19. The number of benzene rings is 1. The van der Waals surface area contributed by atoms with Crippen LogP contribution in [0.25, 0.3) is 6.08 Å². The van der Waals surface area contributed by atoms with Gasteiger partial charge in [-0.05, 0) is 51.5 Å². The Morgan fingerprint density at radius 2 is 2.19 bits per heavy atom. The van der Waals surface area contributed by atoms with Crippen molar-refractivity contribution in [3.8, 4) is 5.75 Å². The molecule has 110 valence electrons. The van der Waals surface area contributed by atoms with Crippen LogP contribution in [0.2, 0.25) is 0 Å². The van der Waals surface area contributed by atoms with Gasteiger partial charge >= 0.3 is 5.97 Å². The summed E-state index contributed by atoms with van der Waals surface area (Å²) in [6.07, 6.45) is 1.54. The van der Waals surface area contributed by atoms with Crippen molar-refractivity contribution in [2.75, 3.05) is 13.7 Å². The molecule has 8 heteroatoms. The molecule has 0 saturated carbocycles. The van der Waals surface area contributed by atoms with Crippen LogP contribution in [-0.4, -0.2) is 40.8 Å². The van der Waals surface area contributed by atoms with Gasteiger partial charge in [0.1, 0.15) is 12.3 Å². The molecule has 1 saturated heterocycles. The first-order chi connectivity index (χ1) is 9.92. The smallest absolute Gasteiger partial charge is 0.323 e. The van der Waals surface area contributed by atoms with Crippen molar-refractivity contribution in [1.82, 2.24) is 4.90 Å². The number of carboxylic acids is 1. The fourth-order valence-electron chi connectivity index (χ4n) is 1.70. The van der Waals surface area contributed by atoms with Gasteiger partial charge in [-0.1, -0.05) is 6.07 Å². The third-order valence-corrected chi connectivity index (χ3v) is 4.17. The van der Waals surface area contributed by atoms with Gasteiger partial charge in [0, 0.05) is 0 Å². The van der Waals surface area contributed by atoms with Crippen molar-refractivity contribution < 1.29 is 24.2 Å². The second-order valence-electron chi connectivity index (χ2n) is 4.06. The van der Waals surface area contributed by atoms with Gasteiger partial charge in [0.05, 0.1) is 16.5 Å². The average Bonchev–Trinajstić information content (AvgIpc) is 2.66. The molecular formula is C13H10BrNO5S. The van der Waals surface area contributed by atoms with E-state index in [2.05, 4.69) is 15.9 Å². The Balaban J connectivity index is 2.26. The Labute approximate surface area is 132 Å². The predicted octanol–water partition coefficient (Wildman–Crippen LogP) is 2.58. The summed E-state index contributed by atoms with van der Waals surface area (Å²) in [4.78, 5) is 35.1. The van der Waals surface area contributed by atoms with Gasteiger partial charge in [0.2, 0.25) is 0 Å². The lowest BCUT2D eigenvalue weighted by atomic mass is 10.2. The molecule has 1 aromatic carbocycles. The van der Waals surface area contributed by atoms with Crippen LogP contribution >= 0.6 is 27.7 Å². The maximum Gasteiger partial charge on any atom is 0.323 e. The van der Waals surface area contributed by atoms with E-state index < -0.39 is 23.7 Å². The molecule has 6 nitrogen and oxygen atoms in total. The molecule has 0 aromatic heterocycles. The van der Waals surface area contributed by atoms with Gasteiger partial charge in [0.25, 0.3) is 11.1 Å². The number of rotatable bonds is 4. The monoisotopic (exact) mass is 371 g/mol. The minimum absolute atomic E-state index is 0.193. The maximum absolute atomic E-state index is 12.0. The lowest BCUT2D eigenvalue weighted by molar-refractivity contribution is -0.140. The summed E-state index contributed by atoms with van der Waals surface area (Å²) in [5.74, 6) is -1.18. The van der Waals surface area contributed by atoms with E-state index in [4.69, 9.17) is 9.84 Å². The fourth-order valence-corrected chi connectivity index (χ4v) is 3.09. The zero-order chi connectivity index (χ0) is 15.6. The second-order valence-corrected chi connectivity index (χ2v) is 5.90. The van der Waals surface area contributed by atoms with Crippen LogP contribution in [0.3, 0.4) is 0 Å². The SMILES string of the molecule is COc1ccc(/C=C2/SC(=O)N(CC(=O)O)C2=O)cc1Br. The average molecular weight is 372 g/mol. The molecule has 0 atom stereocenters. The van der Waals surface area contributed by atoms with Gasteiger partial charge in [-0.3, -0.25) is 19.3 Å². The number of carbonyl (C=O) groups excluding carboxylic acids is 2. The number of aliphatic carboxylic acids is 1. The molecule has 2 amide bonds. The number of carboxylic acid groups (broad SMARTS) is 1. The number of imide groups is 1. The Hall–Kier alpha value is -1.80. The number of halogens is 1. The molecular weight excluding hydrogens is 362 g/mol. The molecule has 1 N–H and O–H groups in total. The quantitative estimate of drug-likeness (QED) is 0.818. The summed E-state index contributed by atoms with van der Waals surface area (Å²) in [5, 5.41) is 8.10. The van der Waals surface area contributed by atoms with Crippen LogP contribution in [0.4, 0.5) is 4.79 Å². The molecule has 1 aliphatic rings. The highest BCUT2D eigenvalue weighted by molar-refractivity contribution is 9.10.